The van der Waals surface area contributed by atoms with Crippen LogP contribution in [0.3, 0.4) is 0 Å². The maximum atomic E-state index is 5.73. The van der Waals surface area contributed by atoms with Crippen LogP contribution >= 0.6 is 11.3 Å². The highest BCUT2D eigenvalue weighted by molar-refractivity contribution is 7.18. The Hall–Kier alpha value is -2.14. The van der Waals surface area contributed by atoms with Crippen molar-refractivity contribution < 1.29 is 4.74 Å². The molecule has 0 saturated carbocycles. The van der Waals surface area contributed by atoms with Crippen LogP contribution in [0.1, 0.15) is 16.0 Å². The van der Waals surface area contributed by atoms with Gasteiger partial charge in [-0.2, -0.15) is 0 Å². The molecule has 0 fully saturated rings. The van der Waals surface area contributed by atoms with E-state index in [4.69, 9.17) is 4.74 Å². The molecule has 0 saturated heterocycles. The zero-order valence-corrected chi connectivity index (χ0v) is 13.8. The molecule has 114 valence electrons. The highest BCUT2D eigenvalue weighted by atomic mass is 32.1. The molecule has 0 bridgehead atoms. The van der Waals surface area contributed by atoms with Gasteiger partial charge >= 0.3 is 0 Å². The molecule has 2 aromatic heterocycles. The minimum atomic E-state index is 0.594. The number of fused-ring (bicyclic) bond motifs is 1. The zero-order valence-electron chi connectivity index (χ0n) is 13.0. The second-order valence-electron chi connectivity index (χ2n) is 5.27. The van der Waals surface area contributed by atoms with Crippen LogP contribution in [0.15, 0.2) is 30.6 Å². The number of nitrogens with zero attached hydrogens (tertiary/aromatic N) is 2. The number of rotatable bonds is 5. The van der Waals surface area contributed by atoms with Crippen LogP contribution in [0.5, 0.6) is 5.75 Å². The topological polar surface area (TPSA) is 47.0 Å². The van der Waals surface area contributed by atoms with Crippen LogP contribution in [-0.4, -0.2) is 23.1 Å². The number of thiophene rings is 1. The molecule has 0 radical (unpaired) electrons. The summed E-state index contributed by atoms with van der Waals surface area (Å²) in [7, 11) is 0. The van der Waals surface area contributed by atoms with E-state index in [1.807, 2.05) is 24.3 Å². The first-order chi connectivity index (χ1) is 10.6. The fourth-order valence-electron chi connectivity index (χ4n) is 2.29. The van der Waals surface area contributed by atoms with Crippen molar-refractivity contribution in [1.82, 2.24) is 9.97 Å². The van der Waals surface area contributed by atoms with Gasteiger partial charge in [-0.05, 0) is 38.5 Å². The Morgan fingerprint density at radius 3 is 2.64 bits per heavy atom. The third-order valence-corrected chi connectivity index (χ3v) is 4.76. The zero-order chi connectivity index (χ0) is 15.5. The molecule has 0 aliphatic rings. The Morgan fingerprint density at radius 2 is 1.86 bits per heavy atom. The van der Waals surface area contributed by atoms with Gasteiger partial charge in [0.15, 0.2) is 0 Å². The second kappa shape index (κ2) is 6.32. The molecule has 1 N–H and O–H groups in total. The summed E-state index contributed by atoms with van der Waals surface area (Å²) in [5, 5.41) is 4.48. The molecule has 4 nitrogen and oxygen atoms in total. The normalized spacial score (nSPS) is 10.9. The van der Waals surface area contributed by atoms with E-state index in [1.165, 1.54) is 16.0 Å². The van der Waals surface area contributed by atoms with E-state index in [0.29, 0.717) is 13.2 Å². The van der Waals surface area contributed by atoms with Gasteiger partial charge in [0.2, 0.25) is 0 Å². The lowest BCUT2D eigenvalue weighted by Crippen LogP contribution is -2.12. The predicted molar refractivity (Wildman–Crippen MR) is 92.1 cm³/mol. The minimum Gasteiger partial charge on any atom is -0.492 e. The van der Waals surface area contributed by atoms with E-state index in [-0.39, 0.29) is 0 Å². The van der Waals surface area contributed by atoms with Crippen molar-refractivity contribution >= 4 is 27.4 Å². The molecule has 0 atom stereocenters. The standard InChI is InChI=1S/C17H19N3OS/c1-11-4-6-14(7-5-11)21-9-8-18-16-15-12(2)13(3)22-17(15)20-10-19-16/h4-7,10H,8-9H2,1-3H3,(H,18,19,20). The maximum Gasteiger partial charge on any atom is 0.138 e. The number of hydrogen-bond donors (Lipinski definition) is 1. The highest BCUT2D eigenvalue weighted by Gasteiger charge is 2.11. The quantitative estimate of drug-likeness (QED) is 0.720. The summed E-state index contributed by atoms with van der Waals surface area (Å²) in [6, 6.07) is 8.08. The number of nitrogens with one attached hydrogen (secondary N) is 1. The molecule has 0 aliphatic carbocycles. The molecule has 0 amide bonds. The molecule has 0 unspecified atom stereocenters. The average molecular weight is 313 g/mol. The Balaban J connectivity index is 1.63. The number of aryl methyl sites for hydroxylation is 3. The van der Waals surface area contributed by atoms with Gasteiger partial charge in [-0.25, -0.2) is 9.97 Å². The van der Waals surface area contributed by atoms with Crippen molar-refractivity contribution in [3.8, 4) is 5.75 Å². The van der Waals surface area contributed by atoms with E-state index in [2.05, 4.69) is 36.1 Å². The summed E-state index contributed by atoms with van der Waals surface area (Å²) in [6.45, 7) is 7.60. The van der Waals surface area contributed by atoms with Gasteiger partial charge in [0.1, 0.15) is 29.3 Å². The van der Waals surface area contributed by atoms with Crippen molar-refractivity contribution in [2.75, 3.05) is 18.5 Å². The summed E-state index contributed by atoms with van der Waals surface area (Å²) in [4.78, 5) is 11.0. The Labute approximate surface area is 134 Å². The Bertz CT molecular complexity index is 780. The summed E-state index contributed by atoms with van der Waals surface area (Å²) in [6.07, 6.45) is 1.61. The first kappa shape index (κ1) is 14.8. The largest absolute Gasteiger partial charge is 0.492 e. The van der Waals surface area contributed by atoms with Crippen LogP contribution in [0, 0.1) is 20.8 Å². The average Bonchev–Trinajstić information content (AvgIpc) is 2.81. The van der Waals surface area contributed by atoms with Gasteiger partial charge in [-0.15, -0.1) is 11.3 Å². The van der Waals surface area contributed by atoms with Gasteiger partial charge in [0.05, 0.1) is 11.9 Å². The van der Waals surface area contributed by atoms with Crippen LogP contribution in [-0.2, 0) is 0 Å². The predicted octanol–water partition coefficient (Wildman–Crippen LogP) is 4.11. The molecular formula is C17H19N3OS. The van der Waals surface area contributed by atoms with E-state index in [0.717, 1.165) is 21.8 Å². The fraction of sp³-hybridized carbons (Fsp3) is 0.294. The minimum absolute atomic E-state index is 0.594. The van der Waals surface area contributed by atoms with Gasteiger partial charge in [-0.3, -0.25) is 0 Å². The maximum absolute atomic E-state index is 5.73. The van der Waals surface area contributed by atoms with Crippen LogP contribution in [0.25, 0.3) is 10.2 Å². The SMILES string of the molecule is Cc1ccc(OCCNc2ncnc3sc(C)c(C)c23)cc1. The fourth-order valence-corrected chi connectivity index (χ4v) is 3.29. The van der Waals surface area contributed by atoms with Crippen LogP contribution in [0.2, 0.25) is 0 Å². The van der Waals surface area contributed by atoms with Gasteiger partial charge in [0, 0.05) is 4.88 Å². The number of anilines is 1. The number of aromatic nitrogens is 2. The summed E-state index contributed by atoms with van der Waals surface area (Å²) < 4.78 is 5.73. The summed E-state index contributed by atoms with van der Waals surface area (Å²) in [5.74, 6) is 1.78. The highest BCUT2D eigenvalue weighted by Crippen LogP contribution is 2.32. The molecule has 2 heterocycles. The van der Waals surface area contributed by atoms with Crippen molar-refractivity contribution in [3.63, 3.8) is 0 Å². The lowest BCUT2D eigenvalue weighted by molar-refractivity contribution is 0.332. The van der Waals surface area contributed by atoms with Crippen LogP contribution in [0.4, 0.5) is 5.82 Å². The van der Waals surface area contributed by atoms with Crippen molar-refractivity contribution in [3.05, 3.63) is 46.6 Å². The monoisotopic (exact) mass is 313 g/mol. The van der Waals surface area contributed by atoms with E-state index < -0.39 is 0 Å². The number of ether oxygens (including phenoxy) is 1. The molecule has 0 aliphatic heterocycles. The van der Waals surface area contributed by atoms with E-state index in [9.17, 15) is 0 Å². The lowest BCUT2D eigenvalue weighted by atomic mass is 10.2. The molecule has 22 heavy (non-hydrogen) atoms. The summed E-state index contributed by atoms with van der Waals surface area (Å²) in [5.41, 5.74) is 2.49. The Morgan fingerprint density at radius 1 is 1.09 bits per heavy atom. The Kier molecular flexibility index (Phi) is 4.24. The van der Waals surface area contributed by atoms with E-state index >= 15 is 0 Å². The number of benzene rings is 1. The third-order valence-electron chi connectivity index (χ3n) is 3.65. The van der Waals surface area contributed by atoms with Crippen molar-refractivity contribution in [2.45, 2.75) is 20.8 Å². The molecule has 0 spiro atoms. The first-order valence-corrected chi connectivity index (χ1v) is 8.11. The third kappa shape index (κ3) is 3.04. The van der Waals surface area contributed by atoms with Gasteiger partial charge in [-0.1, -0.05) is 17.7 Å². The summed E-state index contributed by atoms with van der Waals surface area (Å²) >= 11 is 1.71. The van der Waals surface area contributed by atoms with Crippen molar-refractivity contribution in [1.29, 1.82) is 0 Å². The van der Waals surface area contributed by atoms with Gasteiger partial charge in [0.25, 0.3) is 0 Å². The lowest BCUT2D eigenvalue weighted by Gasteiger charge is -2.09. The second-order valence-corrected chi connectivity index (χ2v) is 6.48. The molecular weight excluding hydrogens is 294 g/mol. The molecule has 3 rings (SSSR count). The van der Waals surface area contributed by atoms with Crippen molar-refractivity contribution in [2.24, 2.45) is 0 Å². The molecule has 3 aromatic rings. The van der Waals surface area contributed by atoms with Gasteiger partial charge < -0.3 is 10.1 Å². The smallest absolute Gasteiger partial charge is 0.138 e. The first-order valence-electron chi connectivity index (χ1n) is 7.29. The van der Waals surface area contributed by atoms with Crippen LogP contribution < -0.4 is 10.1 Å². The molecule has 1 aromatic carbocycles. The number of hydrogen-bond acceptors (Lipinski definition) is 5. The van der Waals surface area contributed by atoms with E-state index in [1.54, 1.807) is 17.7 Å². The molecule has 5 heteroatoms.